The average Bonchev–Trinajstić information content (AvgIpc) is 2.83. The minimum Gasteiger partial charge on any atom is -0.493 e. The van der Waals surface area contributed by atoms with Crippen molar-refractivity contribution in [3.63, 3.8) is 0 Å². The molecule has 0 spiro atoms. The van der Waals surface area contributed by atoms with Crippen molar-refractivity contribution in [1.29, 1.82) is 0 Å². The van der Waals surface area contributed by atoms with Crippen LogP contribution in [0.1, 0.15) is 36.8 Å². The number of benzene rings is 1. The third-order valence-electron chi connectivity index (χ3n) is 4.45. The predicted molar refractivity (Wildman–Crippen MR) is 72.6 cm³/mol. The summed E-state index contributed by atoms with van der Waals surface area (Å²) in [4.78, 5) is 12.2. The lowest BCUT2D eigenvalue weighted by molar-refractivity contribution is -0.151. The molecule has 3 nitrogen and oxygen atoms in total. The van der Waals surface area contributed by atoms with Crippen LogP contribution in [0.15, 0.2) is 18.2 Å². The third kappa shape index (κ3) is 2.27. The lowest BCUT2D eigenvalue weighted by Crippen LogP contribution is -2.47. The van der Waals surface area contributed by atoms with E-state index in [0.29, 0.717) is 6.42 Å². The summed E-state index contributed by atoms with van der Waals surface area (Å²) in [7, 11) is 1.66. The molecular weight excluding hydrogens is 240 g/mol. The third-order valence-corrected chi connectivity index (χ3v) is 4.45. The highest BCUT2D eigenvalue weighted by Crippen LogP contribution is 2.37. The SMILES string of the molecule is COC1(C(=O)CCc2ccc3c(c2)CCO3)CCC1. The van der Waals surface area contributed by atoms with E-state index in [1.54, 1.807) is 7.11 Å². The van der Waals surface area contributed by atoms with E-state index in [0.717, 1.165) is 44.5 Å². The summed E-state index contributed by atoms with van der Waals surface area (Å²) in [5.74, 6) is 1.26. The van der Waals surface area contributed by atoms with Crippen molar-refractivity contribution in [2.75, 3.05) is 13.7 Å². The van der Waals surface area contributed by atoms with Crippen molar-refractivity contribution in [3.05, 3.63) is 29.3 Å². The van der Waals surface area contributed by atoms with E-state index in [4.69, 9.17) is 9.47 Å². The van der Waals surface area contributed by atoms with Crippen molar-refractivity contribution < 1.29 is 14.3 Å². The molecule has 0 aromatic heterocycles. The summed E-state index contributed by atoms with van der Waals surface area (Å²) in [5, 5.41) is 0. The van der Waals surface area contributed by atoms with Crippen LogP contribution in [0.5, 0.6) is 5.75 Å². The van der Waals surface area contributed by atoms with Crippen molar-refractivity contribution in [2.45, 2.75) is 44.1 Å². The second-order valence-electron chi connectivity index (χ2n) is 5.52. The van der Waals surface area contributed by atoms with Gasteiger partial charge in [-0.25, -0.2) is 0 Å². The van der Waals surface area contributed by atoms with Crippen LogP contribution in [0.3, 0.4) is 0 Å². The Morgan fingerprint density at radius 2 is 2.26 bits per heavy atom. The Bertz CT molecular complexity index is 483. The second-order valence-corrected chi connectivity index (χ2v) is 5.52. The molecule has 2 aliphatic rings. The molecular formula is C16H20O3. The Labute approximate surface area is 113 Å². The van der Waals surface area contributed by atoms with Gasteiger partial charge in [0.1, 0.15) is 11.4 Å². The molecule has 0 unspecified atom stereocenters. The summed E-state index contributed by atoms with van der Waals surface area (Å²) >= 11 is 0. The monoisotopic (exact) mass is 260 g/mol. The zero-order valence-corrected chi connectivity index (χ0v) is 11.4. The van der Waals surface area contributed by atoms with Gasteiger partial charge in [-0.3, -0.25) is 4.79 Å². The summed E-state index contributed by atoms with van der Waals surface area (Å²) in [6.07, 6.45) is 5.25. The first-order chi connectivity index (χ1) is 9.23. The minimum absolute atomic E-state index is 0.262. The van der Waals surface area contributed by atoms with Gasteiger partial charge < -0.3 is 9.47 Å². The normalized spacial score (nSPS) is 19.4. The van der Waals surface area contributed by atoms with Gasteiger partial charge in [0.2, 0.25) is 0 Å². The summed E-state index contributed by atoms with van der Waals surface area (Å²) in [6.45, 7) is 0.782. The van der Waals surface area contributed by atoms with Gasteiger partial charge >= 0.3 is 0 Å². The summed E-state index contributed by atoms with van der Waals surface area (Å²) in [5.41, 5.74) is 2.04. The zero-order chi connectivity index (χ0) is 13.3. The van der Waals surface area contributed by atoms with E-state index in [1.165, 1.54) is 11.1 Å². The van der Waals surface area contributed by atoms with Crippen molar-refractivity contribution in [3.8, 4) is 5.75 Å². The molecule has 0 atom stereocenters. The number of ketones is 1. The molecule has 3 rings (SSSR count). The topological polar surface area (TPSA) is 35.5 Å². The number of aryl methyl sites for hydroxylation is 1. The van der Waals surface area contributed by atoms with Gasteiger partial charge in [0.05, 0.1) is 6.61 Å². The molecule has 1 heterocycles. The fraction of sp³-hybridized carbons (Fsp3) is 0.562. The first kappa shape index (κ1) is 12.7. The number of fused-ring (bicyclic) bond motifs is 1. The fourth-order valence-corrected chi connectivity index (χ4v) is 2.98. The molecule has 102 valence electrons. The van der Waals surface area contributed by atoms with Gasteiger partial charge in [-0.05, 0) is 42.9 Å². The highest BCUT2D eigenvalue weighted by Gasteiger charge is 2.43. The van der Waals surface area contributed by atoms with Gasteiger partial charge in [-0.15, -0.1) is 0 Å². The molecule has 1 fully saturated rings. The van der Waals surface area contributed by atoms with Gasteiger partial charge in [-0.1, -0.05) is 12.1 Å². The van der Waals surface area contributed by atoms with Crippen LogP contribution in [0, 0.1) is 0 Å². The predicted octanol–water partition coefficient (Wildman–Crippen LogP) is 2.69. The Hall–Kier alpha value is -1.35. The molecule has 1 aliphatic heterocycles. The molecule has 3 heteroatoms. The number of hydrogen-bond acceptors (Lipinski definition) is 3. The van der Waals surface area contributed by atoms with E-state index < -0.39 is 5.60 Å². The van der Waals surface area contributed by atoms with Crippen LogP contribution in [-0.2, 0) is 22.4 Å². The number of methoxy groups -OCH3 is 1. The van der Waals surface area contributed by atoms with E-state index >= 15 is 0 Å². The van der Waals surface area contributed by atoms with Gasteiger partial charge in [0.15, 0.2) is 5.78 Å². The first-order valence-corrected chi connectivity index (χ1v) is 7.07. The molecule has 0 radical (unpaired) electrons. The lowest BCUT2D eigenvalue weighted by atomic mass is 9.75. The number of carbonyl (C=O) groups excluding carboxylic acids is 1. The summed E-state index contributed by atoms with van der Waals surface area (Å²) < 4.78 is 10.9. The van der Waals surface area contributed by atoms with Crippen LogP contribution in [-0.4, -0.2) is 25.1 Å². The fourth-order valence-electron chi connectivity index (χ4n) is 2.98. The molecule has 1 saturated carbocycles. The lowest BCUT2D eigenvalue weighted by Gasteiger charge is -2.38. The number of ether oxygens (including phenoxy) is 2. The largest absolute Gasteiger partial charge is 0.493 e. The molecule has 1 aliphatic carbocycles. The Balaban J connectivity index is 1.62. The molecule has 0 amide bonds. The molecule has 19 heavy (non-hydrogen) atoms. The molecule has 0 bridgehead atoms. The van der Waals surface area contributed by atoms with Crippen LogP contribution < -0.4 is 4.74 Å². The average molecular weight is 260 g/mol. The molecule has 0 N–H and O–H groups in total. The van der Waals surface area contributed by atoms with Crippen molar-refractivity contribution >= 4 is 5.78 Å². The van der Waals surface area contributed by atoms with Gasteiger partial charge in [0, 0.05) is 20.0 Å². The molecule has 1 aromatic rings. The minimum atomic E-state index is -0.458. The van der Waals surface area contributed by atoms with E-state index in [9.17, 15) is 4.79 Å². The maximum Gasteiger partial charge on any atom is 0.164 e. The Kier molecular flexibility index (Phi) is 3.31. The van der Waals surface area contributed by atoms with E-state index in [2.05, 4.69) is 12.1 Å². The summed E-state index contributed by atoms with van der Waals surface area (Å²) in [6, 6.07) is 6.27. The number of hydrogen-bond donors (Lipinski definition) is 0. The highest BCUT2D eigenvalue weighted by molar-refractivity contribution is 5.88. The molecule has 1 aromatic carbocycles. The van der Waals surface area contributed by atoms with E-state index in [-0.39, 0.29) is 5.78 Å². The van der Waals surface area contributed by atoms with Crippen LogP contribution in [0.25, 0.3) is 0 Å². The zero-order valence-electron chi connectivity index (χ0n) is 11.4. The smallest absolute Gasteiger partial charge is 0.164 e. The van der Waals surface area contributed by atoms with Crippen molar-refractivity contribution in [2.24, 2.45) is 0 Å². The number of carbonyl (C=O) groups is 1. The maximum absolute atomic E-state index is 12.2. The van der Waals surface area contributed by atoms with Crippen molar-refractivity contribution in [1.82, 2.24) is 0 Å². The van der Waals surface area contributed by atoms with Crippen LogP contribution >= 0.6 is 0 Å². The molecule has 0 saturated heterocycles. The highest BCUT2D eigenvalue weighted by atomic mass is 16.5. The van der Waals surface area contributed by atoms with Crippen LogP contribution in [0.2, 0.25) is 0 Å². The second kappa shape index (κ2) is 4.97. The number of Topliss-reactive ketones (excluding diaryl/α,β-unsaturated/α-hetero) is 1. The Morgan fingerprint density at radius 1 is 1.42 bits per heavy atom. The standard InChI is InChI=1S/C16H20O3/c1-18-16(8-2-9-16)15(17)6-4-12-3-5-14-13(11-12)7-10-19-14/h3,5,11H,2,4,6-10H2,1H3. The maximum atomic E-state index is 12.2. The number of rotatable bonds is 5. The van der Waals surface area contributed by atoms with E-state index in [1.807, 2.05) is 6.07 Å². The Morgan fingerprint density at radius 3 is 2.95 bits per heavy atom. The van der Waals surface area contributed by atoms with Gasteiger partial charge in [0.25, 0.3) is 0 Å². The van der Waals surface area contributed by atoms with Crippen LogP contribution in [0.4, 0.5) is 0 Å². The first-order valence-electron chi connectivity index (χ1n) is 7.07. The quantitative estimate of drug-likeness (QED) is 0.816. The van der Waals surface area contributed by atoms with Gasteiger partial charge in [-0.2, -0.15) is 0 Å².